The summed E-state index contributed by atoms with van der Waals surface area (Å²) in [6, 6.07) is 17.4. The number of ether oxygens (including phenoxy) is 1. The van der Waals surface area contributed by atoms with E-state index in [-0.39, 0.29) is 11.7 Å². The molecule has 0 amide bonds. The fourth-order valence-corrected chi connectivity index (χ4v) is 3.43. The Labute approximate surface area is 168 Å². The molecule has 0 radical (unpaired) electrons. The average molecular weight is 384 g/mol. The number of aryl methyl sites for hydroxylation is 1. The Bertz CT molecular complexity index is 1180. The Morgan fingerprint density at radius 2 is 1.90 bits per heavy atom. The largest absolute Gasteiger partial charge is 0.494 e. The Kier molecular flexibility index (Phi) is 5.16. The van der Waals surface area contributed by atoms with Gasteiger partial charge in [0.2, 0.25) is 5.95 Å². The molecule has 0 saturated carbocycles. The molecule has 0 unspecified atom stereocenters. The number of carbonyl (C=O) groups excluding carboxylic acids is 1. The number of rotatable bonds is 6. The van der Waals surface area contributed by atoms with Crippen LogP contribution in [0.5, 0.6) is 5.75 Å². The lowest BCUT2D eigenvalue weighted by Crippen LogP contribution is -2.09. The van der Waals surface area contributed by atoms with Gasteiger partial charge >= 0.3 is 0 Å². The van der Waals surface area contributed by atoms with Crippen LogP contribution in [0.15, 0.2) is 67.0 Å². The number of pyridine rings is 1. The number of anilines is 1. The van der Waals surface area contributed by atoms with Crippen molar-refractivity contribution >= 4 is 22.6 Å². The highest BCUT2D eigenvalue weighted by molar-refractivity contribution is 6.07. The van der Waals surface area contributed by atoms with Gasteiger partial charge in [-0.05, 0) is 29.7 Å². The number of benzene rings is 2. The molecular weight excluding hydrogens is 364 g/mol. The normalized spacial score (nSPS) is 10.8. The maximum absolute atomic E-state index is 13.0. The van der Waals surface area contributed by atoms with Crippen LogP contribution in [-0.2, 0) is 6.42 Å². The highest BCUT2D eigenvalue weighted by atomic mass is 16.5. The van der Waals surface area contributed by atoms with E-state index in [1.54, 1.807) is 19.4 Å². The van der Waals surface area contributed by atoms with Gasteiger partial charge in [0.15, 0.2) is 5.78 Å². The van der Waals surface area contributed by atoms with Crippen molar-refractivity contribution in [3.8, 4) is 16.9 Å². The molecule has 0 spiro atoms. The molecule has 6 heteroatoms. The third kappa shape index (κ3) is 3.78. The first-order valence-electron chi connectivity index (χ1n) is 9.29. The number of hydrogen-bond acceptors (Lipinski definition) is 6. The van der Waals surface area contributed by atoms with E-state index in [4.69, 9.17) is 10.5 Å². The van der Waals surface area contributed by atoms with Gasteiger partial charge in [-0.3, -0.25) is 9.78 Å². The van der Waals surface area contributed by atoms with Gasteiger partial charge < -0.3 is 10.5 Å². The summed E-state index contributed by atoms with van der Waals surface area (Å²) in [6.45, 7) is 0. The average Bonchev–Trinajstić information content (AvgIpc) is 2.77. The number of hydrogen-bond donors (Lipinski definition) is 1. The molecule has 6 nitrogen and oxygen atoms in total. The second-order valence-corrected chi connectivity index (χ2v) is 6.61. The number of nitrogens with zero attached hydrogens (tertiary/aromatic N) is 3. The molecule has 2 N–H and O–H groups in total. The molecule has 0 aliphatic heterocycles. The summed E-state index contributed by atoms with van der Waals surface area (Å²) in [7, 11) is 1.56. The number of methoxy groups -OCH3 is 1. The quantitative estimate of drug-likeness (QED) is 0.503. The van der Waals surface area contributed by atoms with Crippen LogP contribution in [0.4, 0.5) is 5.95 Å². The van der Waals surface area contributed by atoms with Gasteiger partial charge in [0.25, 0.3) is 0 Å². The Hall–Kier alpha value is -3.80. The van der Waals surface area contributed by atoms with E-state index in [1.807, 2.05) is 54.7 Å². The minimum Gasteiger partial charge on any atom is -0.494 e. The SMILES string of the molecule is COc1cccc2c(C(=O)CCc3ccccc3-c3cccnc3)nc(N)nc12. The van der Waals surface area contributed by atoms with Gasteiger partial charge in [0.05, 0.1) is 7.11 Å². The van der Waals surface area contributed by atoms with Crippen molar-refractivity contribution in [1.29, 1.82) is 0 Å². The van der Waals surface area contributed by atoms with Crippen LogP contribution >= 0.6 is 0 Å². The summed E-state index contributed by atoms with van der Waals surface area (Å²) in [4.78, 5) is 25.7. The van der Waals surface area contributed by atoms with E-state index < -0.39 is 0 Å². The predicted octanol–water partition coefficient (Wildman–Crippen LogP) is 4.10. The summed E-state index contributed by atoms with van der Waals surface area (Å²) in [5.74, 6) is 0.534. The summed E-state index contributed by atoms with van der Waals surface area (Å²) in [5.41, 5.74) is 9.90. The molecule has 0 saturated heterocycles. The molecule has 0 atom stereocenters. The fraction of sp³-hybridized carbons (Fsp3) is 0.130. The lowest BCUT2D eigenvalue weighted by atomic mass is 9.96. The molecule has 2 aromatic carbocycles. The van der Waals surface area contributed by atoms with E-state index in [2.05, 4.69) is 15.0 Å². The Balaban J connectivity index is 1.64. The van der Waals surface area contributed by atoms with Gasteiger partial charge in [-0.2, -0.15) is 0 Å². The molecule has 0 fully saturated rings. The van der Waals surface area contributed by atoms with Crippen LogP contribution in [0.2, 0.25) is 0 Å². The molecule has 2 aromatic heterocycles. The molecular formula is C23H20N4O2. The first-order valence-corrected chi connectivity index (χ1v) is 9.29. The zero-order chi connectivity index (χ0) is 20.2. The molecule has 0 bridgehead atoms. The van der Waals surface area contributed by atoms with E-state index in [9.17, 15) is 4.79 Å². The van der Waals surface area contributed by atoms with E-state index in [0.29, 0.717) is 35.2 Å². The first kappa shape index (κ1) is 18.6. The summed E-state index contributed by atoms with van der Waals surface area (Å²) < 4.78 is 5.35. The number of nitrogens with two attached hydrogens (primary N) is 1. The van der Waals surface area contributed by atoms with Crippen LogP contribution in [0.3, 0.4) is 0 Å². The number of nitrogen functional groups attached to an aromatic ring is 1. The number of carbonyl (C=O) groups is 1. The Morgan fingerprint density at radius 3 is 2.69 bits per heavy atom. The first-order chi connectivity index (χ1) is 14.2. The maximum atomic E-state index is 13.0. The maximum Gasteiger partial charge on any atom is 0.221 e. The van der Waals surface area contributed by atoms with Gasteiger partial charge in [-0.15, -0.1) is 0 Å². The van der Waals surface area contributed by atoms with Crippen LogP contribution in [0.1, 0.15) is 22.5 Å². The standard InChI is InChI=1S/C23H20N4O2/c1-29-20-10-4-9-18-21(26-23(24)27-22(18)20)19(28)12-11-15-6-2-3-8-17(15)16-7-5-13-25-14-16/h2-10,13-14H,11-12H2,1H3,(H2,24,26,27). The molecule has 0 aliphatic rings. The van der Waals surface area contributed by atoms with Crippen molar-refractivity contribution in [1.82, 2.24) is 15.0 Å². The lowest BCUT2D eigenvalue weighted by Gasteiger charge is -2.11. The third-order valence-corrected chi connectivity index (χ3v) is 4.80. The minimum atomic E-state index is -0.0849. The van der Waals surface area contributed by atoms with Gasteiger partial charge in [-0.25, -0.2) is 9.97 Å². The molecule has 4 rings (SSSR count). The summed E-state index contributed by atoms with van der Waals surface area (Å²) in [5, 5.41) is 0.643. The van der Waals surface area contributed by atoms with Crippen molar-refractivity contribution in [3.63, 3.8) is 0 Å². The van der Waals surface area contributed by atoms with Crippen molar-refractivity contribution in [2.45, 2.75) is 12.8 Å². The number of aromatic nitrogens is 3. The lowest BCUT2D eigenvalue weighted by molar-refractivity contribution is 0.0980. The van der Waals surface area contributed by atoms with Crippen molar-refractivity contribution in [3.05, 3.63) is 78.2 Å². The third-order valence-electron chi connectivity index (χ3n) is 4.80. The number of Topliss-reactive ketones (excluding diaryl/α,β-unsaturated/α-hetero) is 1. The van der Waals surface area contributed by atoms with Gasteiger partial charge in [0.1, 0.15) is 17.0 Å². The summed E-state index contributed by atoms with van der Waals surface area (Å²) >= 11 is 0. The number of ketones is 1. The van der Waals surface area contributed by atoms with E-state index in [0.717, 1.165) is 16.7 Å². The van der Waals surface area contributed by atoms with Gasteiger partial charge in [-0.1, -0.05) is 42.5 Å². The van der Waals surface area contributed by atoms with Crippen LogP contribution in [-0.4, -0.2) is 27.8 Å². The van der Waals surface area contributed by atoms with Crippen molar-refractivity contribution in [2.75, 3.05) is 12.8 Å². The minimum absolute atomic E-state index is 0.0566. The molecule has 4 aromatic rings. The smallest absolute Gasteiger partial charge is 0.221 e. The molecule has 2 heterocycles. The highest BCUT2D eigenvalue weighted by Crippen LogP contribution is 2.28. The van der Waals surface area contributed by atoms with Crippen LogP contribution < -0.4 is 10.5 Å². The van der Waals surface area contributed by atoms with Crippen molar-refractivity contribution < 1.29 is 9.53 Å². The topological polar surface area (TPSA) is 91.0 Å². The number of para-hydroxylation sites is 1. The van der Waals surface area contributed by atoms with Crippen LogP contribution in [0.25, 0.3) is 22.0 Å². The van der Waals surface area contributed by atoms with Gasteiger partial charge in [0, 0.05) is 29.8 Å². The predicted molar refractivity (Wildman–Crippen MR) is 113 cm³/mol. The summed E-state index contributed by atoms with van der Waals surface area (Å²) in [6.07, 6.45) is 4.46. The molecule has 0 aliphatic carbocycles. The fourth-order valence-electron chi connectivity index (χ4n) is 3.43. The van der Waals surface area contributed by atoms with Crippen molar-refractivity contribution in [2.24, 2.45) is 0 Å². The van der Waals surface area contributed by atoms with E-state index in [1.165, 1.54) is 0 Å². The molecule has 144 valence electrons. The second-order valence-electron chi connectivity index (χ2n) is 6.61. The second kappa shape index (κ2) is 8.06. The highest BCUT2D eigenvalue weighted by Gasteiger charge is 2.17. The van der Waals surface area contributed by atoms with Crippen LogP contribution in [0, 0.1) is 0 Å². The monoisotopic (exact) mass is 384 g/mol. The number of fused-ring (bicyclic) bond motifs is 1. The zero-order valence-corrected chi connectivity index (χ0v) is 16.0. The molecule has 29 heavy (non-hydrogen) atoms. The zero-order valence-electron chi connectivity index (χ0n) is 16.0. The van der Waals surface area contributed by atoms with E-state index >= 15 is 0 Å². The Morgan fingerprint density at radius 1 is 1.03 bits per heavy atom.